The lowest BCUT2D eigenvalue weighted by molar-refractivity contribution is 0.103. The zero-order chi connectivity index (χ0) is 29.6. The average molecular weight is 599 g/mol. The number of nitriles is 1. The van der Waals surface area contributed by atoms with Crippen LogP contribution in [0.4, 0.5) is 0 Å². The van der Waals surface area contributed by atoms with Crippen molar-refractivity contribution in [3.05, 3.63) is 148 Å². The van der Waals surface area contributed by atoms with Crippen molar-refractivity contribution >= 4 is 35.9 Å². The SMILES string of the molecule is CC(C#N)(CCCCN1CCC(=C2c3ccccc3C=Cc3ccccc32)CC1)c1cccc(C(=O)c2ccccc2)c1.Cl. The molecule has 0 aromatic heterocycles. The van der Waals surface area contributed by atoms with Crippen LogP contribution in [0.3, 0.4) is 0 Å². The van der Waals surface area contributed by atoms with Gasteiger partial charge in [0.25, 0.3) is 0 Å². The number of carbonyl (C=O) groups excluding carboxylic acids is 1. The van der Waals surface area contributed by atoms with Gasteiger partial charge in [0.15, 0.2) is 5.78 Å². The Morgan fingerprint density at radius 2 is 1.36 bits per heavy atom. The molecule has 0 amide bonds. The maximum Gasteiger partial charge on any atom is 0.193 e. The minimum Gasteiger partial charge on any atom is -0.303 e. The molecule has 1 atom stereocenters. The lowest BCUT2D eigenvalue weighted by Gasteiger charge is -2.31. The van der Waals surface area contributed by atoms with Gasteiger partial charge in [-0.25, -0.2) is 0 Å². The van der Waals surface area contributed by atoms with Gasteiger partial charge in [0.2, 0.25) is 0 Å². The van der Waals surface area contributed by atoms with Gasteiger partial charge in [0.05, 0.1) is 11.5 Å². The number of hydrogen-bond donors (Lipinski definition) is 0. The number of fused-ring (bicyclic) bond motifs is 2. The Morgan fingerprint density at radius 1 is 0.773 bits per heavy atom. The summed E-state index contributed by atoms with van der Waals surface area (Å²) >= 11 is 0. The first-order valence-corrected chi connectivity index (χ1v) is 15.5. The van der Waals surface area contributed by atoms with Crippen LogP contribution >= 0.6 is 12.4 Å². The van der Waals surface area contributed by atoms with Gasteiger partial charge >= 0.3 is 0 Å². The fraction of sp³-hybridized carbons (Fsp3) is 0.250. The highest BCUT2D eigenvalue weighted by atomic mass is 35.5. The molecule has 222 valence electrons. The monoisotopic (exact) mass is 598 g/mol. The van der Waals surface area contributed by atoms with E-state index in [2.05, 4.69) is 71.7 Å². The molecule has 1 aliphatic carbocycles. The second-order valence-corrected chi connectivity index (χ2v) is 12.0. The van der Waals surface area contributed by atoms with Gasteiger partial charge in [-0.2, -0.15) is 5.26 Å². The van der Waals surface area contributed by atoms with Crippen molar-refractivity contribution in [1.29, 1.82) is 5.26 Å². The zero-order valence-electron chi connectivity index (χ0n) is 25.3. The van der Waals surface area contributed by atoms with Crippen LogP contribution in [-0.4, -0.2) is 30.3 Å². The molecule has 3 nitrogen and oxygen atoms in total. The number of unbranched alkanes of at least 4 members (excludes halogenated alkanes) is 1. The molecule has 1 unspecified atom stereocenters. The van der Waals surface area contributed by atoms with Crippen LogP contribution in [0.2, 0.25) is 0 Å². The van der Waals surface area contributed by atoms with Crippen molar-refractivity contribution in [1.82, 2.24) is 4.90 Å². The first-order chi connectivity index (χ1) is 21.1. The summed E-state index contributed by atoms with van der Waals surface area (Å²) in [6.45, 7) is 5.19. The zero-order valence-corrected chi connectivity index (χ0v) is 26.2. The smallest absolute Gasteiger partial charge is 0.193 e. The second-order valence-electron chi connectivity index (χ2n) is 12.0. The third-order valence-electron chi connectivity index (χ3n) is 9.16. The van der Waals surface area contributed by atoms with Crippen molar-refractivity contribution in [3.8, 4) is 6.07 Å². The van der Waals surface area contributed by atoms with E-state index in [1.807, 2.05) is 61.5 Å². The molecule has 4 heteroatoms. The largest absolute Gasteiger partial charge is 0.303 e. The lowest BCUT2D eigenvalue weighted by atomic mass is 9.78. The molecular weight excluding hydrogens is 560 g/mol. The molecule has 0 bridgehead atoms. The fourth-order valence-electron chi connectivity index (χ4n) is 6.58. The highest BCUT2D eigenvalue weighted by Gasteiger charge is 2.27. The Hall–Kier alpha value is -4.23. The second kappa shape index (κ2) is 14.0. The van der Waals surface area contributed by atoms with E-state index in [1.165, 1.54) is 27.8 Å². The van der Waals surface area contributed by atoms with E-state index < -0.39 is 5.41 Å². The minimum atomic E-state index is -0.624. The number of piperidine rings is 1. The summed E-state index contributed by atoms with van der Waals surface area (Å²) in [4.78, 5) is 15.6. The van der Waals surface area contributed by atoms with Gasteiger partial charge < -0.3 is 4.90 Å². The van der Waals surface area contributed by atoms with Gasteiger partial charge in [-0.1, -0.05) is 121 Å². The summed E-state index contributed by atoms with van der Waals surface area (Å²) in [5, 5.41) is 10.2. The number of benzene rings is 4. The van der Waals surface area contributed by atoms with E-state index in [9.17, 15) is 10.1 Å². The molecule has 1 aliphatic heterocycles. The number of carbonyl (C=O) groups is 1. The van der Waals surface area contributed by atoms with Gasteiger partial charge in [0.1, 0.15) is 0 Å². The molecule has 0 spiro atoms. The van der Waals surface area contributed by atoms with Crippen LogP contribution in [0.1, 0.15) is 82.8 Å². The number of likely N-dealkylation sites (tertiary alicyclic amines) is 1. The van der Waals surface area contributed by atoms with E-state index in [-0.39, 0.29) is 18.2 Å². The summed E-state index contributed by atoms with van der Waals surface area (Å²) in [7, 11) is 0. The number of hydrogen-bond acceptors (Lipinski definition) is 3. The summed E-state index contributed by atoms with van der Waals surface area (Å²) in [6, 6.07) is 37.1. The Labute approximate surface area is 268 Å². The first kappa shape index (κ1) is 31.2. The molecule has 1 fully saturated rings. The molecule has 1 saturated heterocycles. The molecule has 4 aromatic carbocycles. The highest BCUT2D eigenvalue weighted by molar-refractivity contribution is 6.09. The van der Waals surface area contributed by atoms with Crippen LogP contribution in [0.5, 0.6) is 0 Å². The molecule has 1 heterocycles. The quantitative estimate of drug-likeness (QED) is 0.132. The van der Waals surface area contributed by atoms with Crippen molar-refractivity contribution in [2.75, 3.05) is 19.6 Å². The molecule has 6 rings (SSSR count). The molecule has 0 radical (unpaired) electrons. The fourth-order valence-corrected chi connectivity index (χ4v) is 6.58. The summed E-state index contributed by atoms with van der Waals surface area (Å²) in [5.41, 5.74) is 9.86. The Morgan fingerprint density at radius 3 is 2.00 bits per heavy atom. The molecule has 2 aliphatic rings. The maximum absolute atomic E-state index is 13.0. The molecule has 4 aromatic rings. The van der Waals surface area contributed by atoms with E-state index in [0.29, 0.717) is 11.1 Å². The van der Waals surface area contributed by atoms with E-state index in [1.54, 1.807) is 5.57 Å². The molecule has 44 heavy (non-hydrogen) atoms. The summed E-state index contributed by atoms with van der Waals surface area (Å²) in [6.07, 6.45) is 9.47. The Kier molecular flexibility index (Phi) is 9.95. The minimum absolute atomic E-state index is 0. The van der Waals surface area contributed by atoms with Crippen LogP contribution in [-0.2, 0) is 5.41 Å². The van der Waals surface area contributed by atoms with Gasteiger partial charge in [-0.15, -0.1) is 12.4 Å². The normalized spacial score (nSPS) is 15.6. The Bertz CT molecular complexity index is 1670. The van der Waals surface area contributed by atoms with Crippen LogP contribution in [0.25, 0.3) is 17.7 Å². The third-order valence-corrected chi connectivity index (χ3v) is 9.16. The number of rotatable bonds is 8. The van der Waals surface area contributed by atoms with Gasteiger partial charge in [-0.3, -0.25) is 4.79 Å². The maximum atomic E-state index is 13.0. The summed E-state index contributed by atoms with van der Waals surface area (Å²) < 4.78 is 0. The molecule has 0 saturated carbocycles. The average Bonchev–Trinajstić information content (AvgIpc) is 3.24. The number of halogens is 1. The van der Waals surface area contributed by atoms with Crippen LogP contribution in [0.15, 0.2) is 109 Å². The van der Waals surface area contributed by atoms with Crippen LogP contribution in [0, 0.1) is 11.3 Å². The highest BCUT2D eigenvalue weighted by Crippen LogP contribution is 2.39. The van der Waals surface area contributed by atoms with Gasteiger partial charge in [0, 0.05) is 24.2 Å². The molecular formula is C40H39ClN2O. The topological polar surface area (TPSA) is 44.1 Å². The lowest BCUT2D eigenvalue weighted by Crippen LogP contribution is -2.32. The van der Waals surface area contributed by atoms with Crippen molar-refractivity contribution in [2.45, 2.75) is 44.4 Å². The number of ketones is 1. The predicted molar refractivity (Wildman–Crippen MR) is 184 cm³/mol. The molecule has 0 N–H and O–H groups in total. The Balaban J connectivity index is 0.00000384. The van der Waals surface area contributed by atoms with E-state index in [4.69, 9.17) is 0 Å². The van der Waals surface area contributed by atoms with Crippen molar-refractivity contribution in [2.24, 2.45) is 0 Å². The number of nitrogens with zero attached hydrogens (tertiary/aromatic N) is 2. The van der Waals surface area contributed by atoms with Gasteiger partial charge in [-0.05, 0) is 78.6 Å². The van der Waals surface area contributed by atoms with Crippen molar-refractivity contribution in [3.63, 3.8) is 0 Å². The first-order valence-electron chi connectivity index (χ1n) is 15.5. The van der Waals surface area contributed by atoms with E-state index in [0.717, 1.165) is 57.3 Å². The predicted octanol–water partition coefficient (Wildman–Crippen LogP) is 9.37. The standard InChI is InChI=1S/C40H38N2O.ClH/c1-40(29-41,35-17-11-16-34(28-35)39(43)33-14-3-2-4-15-33)24-9-10-25-42-26-22-32(23-27-42)38-36-18-7-5-12-30(36)20-21-31-13-6-8-19-37(31)38;/h2-8,11-21,28H,9-10,22-27H2,1H3;1H. The van der Waals surface area contributed by atoms with Crippen LogP contribution < -0.4 is 0 Å². The summed E-state index contributed by atoms with van der Waals surface area (Å²) in [5.74, 6) is -0.00531. The third kappa shape index (κ3) is 6.63. The van der Waals surface area contributed by atoms with E-state index >= 15 is 0 Å². The van der Waals surface area contributed by atoms with Crippen molar-refractivity contribution < 1.29 is 4.79 Å².